The molecular formula is C10H17N3O. The van der Waals surface area contributed by atoms with E-state index < -0.39 is 0 Å². The van der Waals surface area contributed by atoms with E-state index in [1.54, 1.807) is 0 Å². The predicted molar refractivity (Wildman–Crippen MR) is 53.6 cm³/mol. The summed E-state index contributed by atoms with van der Waals surface area (Å²) in [5.41, 5.74) is 6.45. The summed E-state index contributed by atoms with van der Waals surface area (Å²) in [6.45, 7) is 4.54. The second-order valence-corrected chi connectivity index (χ2v) is 3.89. The number of imidazole rings is 1. The summed E-state index contributed by atoms with van der Waals surface area (Å²) < 4.78 is 7.62. The Kier molecular flexibility index (Phi) is 2.84. The van der Waals surface area contributed by atoms with E-state index in [1.807, 2.05) is 12.5 Å². The van der Waals surface area contributed by atoms with E-state index in [9.17, 15) is 0 Å². The van der Waals surface area contributed by atoms with Crippen molar-refractivity contribution < 1.29 is 4.74 Å². The van der Waals surface area contributed by atoms with E-state index in [4.69, 9.17) is 10.5 Å². The zero-order valence-electron chi connectivity index (χ0n) is 8.52. The molecule has 0 radical (unpaired) electrons. The highest BCUT2D eigenvalue weighted by molar-refractivity contribution is 4.95. The Labute approximate surface area is 84.1 Å². The van der Waals surface area contributed by atoms with E-state index in [2.05, 4.69) is 16.5 Å². The van der Waals surface area contributed by atoms with Crippen LogP contribution in [0, 0.1) is 5.92 Å². The lowest BCUT2D eigenvalue weighted by Gasteiger charge is -2.13. The molecule has 2 heterocycles. The van der Waals surface area contributed by atoms with Crippen molar-refractivity contribution in [2.45, 2.75) is 32.5 Å². The van der Waals surface area contributed by atoms with Crippen LogP contribution in [0.15, 0.2) is 12.5 Å². The summed E-state index contributed by atoms with van der Waals surface area (Å²) in [5, 5.41) is 0. The highest BCUT2D eigenvalue weighted by Crippen LogP contribution is 2.22. The normalized spacial score (nSPS) is 27.0. The Morgan fingerprint density at radius 2 is 2.57 bits per heavy atom. The number of aromatic nitrogens is 2. The number of hydrogen-bond donors (Lipinski definition) is 1. The van der Waals surface area contributed by atoms with Gasteiger partial charge in [-0.1, -0.05) is 0 Å². The van der Waals surface area contributed by atoms with Gasteiger partial charge in [0.05, 0.1) is 18.1 Å². The SMILES string of the molecule is CC1OCCC1Cn1cnc(CN)c1. The van der Waals surface area contributed by atoms with Gasteiger partial charge in [-0.15, -0.1) is 0 Å². The fourth-order valence-corrected chi connectivity index (χ4v) is 1.90. The first-order valence-corrected chi connectivity index (χ1v) is 5.12. The van der Waals surface area contributed by atoms with Gasteiger partial charge >= 0.3 is 0 Å². The number of rotatable bonds is 3. The third kappa shape index (κ3) is 1.96. The first-order valence-electron chi connectivity index (χ1n) is 5.12. The second kappa shape index (κ2) is 4.11. The summed E-state index contributed by atoms with van der Waals surface area (Å²) in [7, 11) is 0. The van der Waals surface area contributed by atoms with Gasteiger partial charge < -0.3 is 15.0 Å². The zero-order valence-corrected chi connectivity index (χ0v) is 8.52. The van der Waals surface area contributed by atoms with Crippen LogP contribution in [0.1, 0.15) is 19.0 Å². The standard InChI is InChI=1S/C10H17N3O/c1-8-9(2-3-14-8)5-13-6-10(4-11)12-7-13/h6-9H,2-5,11H2,1H3. The first kappa shape index (κ1) is 9.68. The second-order valence-electron chi connectivity index (χ2n) is 3.89. The van der Waals surface area contributed by atoms with Crippen LogP contribution in [0.4, 0.5) is 0 Å². The predicted octanol–water partition coefficient (Wildman–Crippen LogP) is 0.767. The minimum absolute atomic E-state index is 0.374. The molecule has 2 unspecified atom stereocenters. The maximum atomic E-state index is 5.51. The van der Waals surface area contributed by atoms with Gasteiger partial charge in [0.25, 0.3) is 0 Å². The first-order chi connectivity index (χ1) is 6.79. The molecule has 2 atom stereocenters. The topological polar surface area (TPSA) is 53.1 Å². The van der Waals surface area contributed by atoms with E-state index in [0.29, 0.717) is 18.6 Å². The number of hydrogen-bond acceptors (Lipinski definition) is 3. The number of nitrogens with two attached hydrogens (primary N) is 1. The summed E-state index contributed by atoms with van der Waals surface area (Å²) >= 11 is 0. The summed E-state index contributed by atoms with van der Waals surface area (Å²) in [4.78, 5) is 4.20. The van der Waals surface area contributed by atoms with Crippen LogP contribution in [0.25, 0.3) is 0 Å². The molecule has 14 heavy (non-hydrogen) atoms. The molecule has 2 rings (SSSR count). The molecule has 0 amide bonds. The third-order valence-corrected chi connectivity index (χ3v) is 2.87. The fourth-order valence-electron chi connectivity index (χ4n) is 1.90. The van der Waals surface area contributed by atoms with Gasteiger partial charge in [0.1, 0.15) is 0 Å². The quantitative estimate of drug-likeness (QED) is 0.775. The molecular weight excluding hydrogens is 178 g/mol. The number of ether oxygens (including phenoxy) is 1. The average Bonchev–Trinajstić information content (AvgIpc) is 2.77. The summed E-state index contributed by atoms with van der Waals surface area (Å²) in [6.07, 6.45) is 5.40. The molecule has 4 heteroatoms. The van der Waals surface area contributed by atoms with Gasteiger partial charge in [0.15, 0.2) is 0 Å². The van der Waals surface area contributed by atoms with Crippen molar-refractivity contribution in [1.29, 1.82) is 0 Å². The number of nitrogens with zero attached hydrogens (tertiary/aromatic N) is 2. The summed E-state index contributed by atoms with van der Waals surface area (Å²) in [5.74, 6) is 0.620. The Bertz CT molecular complexity index is 297. The van der Waals surface area contributed by atoms with E-state index in [0.717, 1.165) is 25.3 Å². The minimum atomic E-state index is 0.374. The van der Waals surface area contributed by atoms with Gasteiger partial charge in [-0.05, 0) is 13.3 Å². The molecule has 0 saturated carbocycles. The molecule has 0 aliphatic carbocycles. The molecule has 1 aliphatic heterocycles. The Morgan fingerprint density at radius 3 is 3.14 bits per heavy atom. The molecule has 1 fully saturated rings. The van der Waals surface area contributed by atoms with Gasteiger partial charge in [0, 0.05) is 31.8 Å². The van der Waals surface area contributed by atoms with Crippen LogP contribution in [0.5, 0.6) is 0 Å². The minimum Gasteiger partial charge on any atom is -0.378 e. The maximum absolute atomic E-state index is 5.51. The van der Waals surface area contributed by atoms with Crippen molar-refractivity contribution >= 4 is 0 Å². The van der Waals surface area contributed by atoms with Gasteiger partial charge in [-0.25, -0.2) is 4.98 Å². The van der Waals surface area contributed by atoms with Crippen LogP contribution < -0.4 is 5.73 Å². The molecule has 78 valence electrons. The van der Waals surface area contributed by atoms with E-state index >= 15 is 0 Å². The molecule has 2 N–H and O–H groups in total. The fraction of sp³-hybridized carbons (Fsp3) is 0.700. The van der Waals surface area contributed by atoms with Crippen molar-refractivity contribution in [3.63, 3.8) is 0 Å². The highest BCUT2D eigenvalue weighted by atomic mass is 16.5. The molecule has 4 nitrogen and oxygen atoms in total. The lowest BCUT2D eigenvalue weighted by atomic mass is 10.0. The van der Waals surface area contributed by atoms with Crippen LogP contribution in [0.2, 0.25) is 0 Å². The molecule has 0 bridgehead atoms. The monoisotopic (exact) mass is 195 g/mol. The van der Waals surface area contributed by atoms with Crippen LogP contribution in [-0.4, -0.2) is 22.3 Å². The molecule has 1 aromatic rings. The third-order valence-electron chi connectivity index (χ3n) is 2.87. The maximum Gasteiger partial charge on any atom is 0.0950 e. The molecule has 0 spiro atoms. The summed E-state index contributed by atoms with van der Waals surface area (Å²) in [6, 6.07) is 0. The molecule has 1 saturated heterocycles. The van der Waals surface area contributed by atoms with E-state index in [1.165, 1.54) is 0 Å². The van der Waals surface area contributed by atoms with Crippen molar-refractivity contribution in [2.75, 3.05) is 6.61 Å². The Balaban J connectivity index is 1.96. The van der Waals surface area contributed by atoms with Crippen LogP contribution in [0.3, 0.4) is 0 Å². The van der Waals surface area contributed by atoms with Crippen molar-refractivity contribution in [2.24, 2.45) is 11.7 Å². The van der Waals surface area contributed by atoms with Gasteiger partial charge in [-0.2, -0.15) is 0 Å². The van der Waals surface area contributed by atoms with Gasteiger partial charge in [-0.3, -0.25) is 0 Å². The van der Waals surface area contributed by atoms with Gasteiger partial charge in [0.2, 0.25) is 0 Å². The van der Waals surface area contributed by atoms with Crippen molar-refractivity contribution in [3.8, 4) is 0 Å². The lowest BCUT2D eigenvalue weighted by Crippen LogP contribution is -2.17. The lowest BCUT2D eigenvalue weighted by molar-refractivity contribution is 0.102. The highest BCUT2D eigenvalue weighted by Gasteiger charge is 2.24. The molecule has 1 aliphatic rings. The Morgan fingerprint density at radius 1 is 1.71 bits per heavy atom. The average molecular weight is 195 g/mol. The van der Waals surface area contributed by atoms with Crippen LogP contribution >= 0.6 is 0 Å². The molecule has 1 aromatic heterocycles. The van der Waals surface area contributed by atoms with Crippen molar-refractivity contribution in [1.82, 2.24) is 9.55 Å². The smallest absolute Gasteiger partial charge is 0.0950 e. The van der Waals surface area contributed by atoms with Crippen LogP contribution in [-0.2, 0) is 17.8 Å². The van der Waals surface area contributed by atoms with Crippen molar-refractivity contribution in [3.05, 3.63) is 18.2 Å². The largest absolute Gasteiger partial charge is 0.378 e. The van der Waals surface area contributed by atoms with E-state index in [-0.39, 0.29) is 0 Å². The molecule has 0 aromatic carbocycles. The zero-order chi connectivity index (χ0) is 9.97. The Hall–Kier alpha value is -0.870.